The Hall–Kier alpha value is -4.39. The molecule has 0 spiro atoms. The van der Waals surface area contributed by atoms with Crippen molar-refractivity contribution in [1.29, 1.82) is 0 Å². The second kappa shape index (κ2) is 9.85. The van der Waals surface area contributed by atoms with Crippen LogP contribution in [-0.2, 0) is 0 Å². The van der Waals surface area contributed by atoms with Crippen LogP contribution in [0.5, 0.6) is 5.75 Å². The van der Waals surface area contributed by atoms with E-state index in [4.69, 9.17) is 9.84 Å². The average Bonchev–Trinajstić information content (AvgIpc) is 3.39. The number of carbonyl (C=O) groups excluding carboxylic acids is 2. The average molecular weight is 467 g/mol. The van der Waals surface area contributed by atoms with Gasteiger partial charge in [0.15, 0.2) is 0 Å². The first-order chi connectivity index (χ1) is 17.1. The minimum atomic E-state index is -0.0928. The van der Waals surface area contributed by atoms with Crippen molar-refractivity contribution in [2.75, 3.05) is 33.3 Å². The van der Waals surface area contributed by atoms with Gasteiger partial charge in [0.1, 0.15) is 11.4 Å². The summed E-state index contributed by atoms with van der Waals surface area (Å²) in [5.41, 5.74) is 3.52. The molecular weight excluding hydrogens is 440 g/mol. The van der Waals surface area contributed by atoms with Gasteiger partial charge in [0.05, 0.1) is 18.4 Å². The third kappa shape index (κ3) is 4.66. The third-order valence-electron chi connectivity index (χ3n) is 6.20. The van der Waals surface area contributed by atoms with E-state index >= 15 is 0 Å². The topological polar surface area (TPSA) is 67.7 Å². The van der Waals surface area contributed by atoms with E-state index in [1.165, 1.54) is 0 Å². The van der Waals surface area contributed by atoms with E-state index in [1.54, 1.807) is 27.8 Å². The maximum Gasteiger partial charge on any atom is 0.257 e. The zero-order valence-electron chi connectivity index (χ0n) is 19.5. The van der Waals surface area contributed by atoms with Crippen LogP contribution >= 0.6 is 0 Å². The number of carbonyl (C=O) groups is 2. The predicted octanol–water partition coefficient (Wildman–Crippen LogP) is 4.15. The van der Waals surface area contributed by atoms with Gasteiger partial charge in [0.2, 0.25) is 0 Å². The van der Waals surface area contributed by atoms with Gasteiger partial charge in [-0.25, -0.2) is 4.68 Å². The number of rotatable bonds is 5. The van der Waals surface area contributed by atoms with Crippen LogP contribution in [0.15, 0.2) is 91.1 Å². The minimum absolute atomic E-state index is 0.00600. The molecule has 35 heavy (non-hydrogen) atoms. The van der Waals surface area contributed by atoms with Crippen LogP contribution in [-0.4, -0.2) is 64.7 Å². The number of para-hydroxylation sites is 1. The Morgan fingerprint density at radius 2 is 1.31 bits per heavy atom. The molecule has 0 atom stereocenters. The molecule has 1 aliphatic rings. The van der Waals surface area contributed by atoms with Crippen molar-refractivity contribution in [3.05, 3.63) is 102 Å². The number of aromatic nitrogens is 2. The molecule has 5 rings (SSSR count). The molecule has 1 aliphatic heterocycles. The molecule has 0 N–H and O–H groups in total. The Bertz CT molecular complexity index is 1310. The summed E-state index contributed by atoms with van der Waals surface area (Å²) in [4.78, 5) is 30.1. The van der Waals surface area contributed by atoms with Crippen molar-refractivity contribution >= 4 is 11.8 Å². The highest BCUT2D eigenvalue weighted by Crippen LogP contribution is 2.27. The van der Waals surface area contributed by atoms with Gasteiger partial charge in [-0.3, -0.25) is 9.59 Å². The fourth-order valence-electron chi connectivity index (χ4n) is 4.25. The molecule has 3 aromatic carbocycles. The lowest BCUT2D eigenvalue weighted by Gasteiger charge is -2.34. The van der Waals surface area contributed by atoms with Crippen molar-refractivity contribution < 1.29 is 14.3 Å². The Morgan fingerprint density at radius 1 is 0.743 bits per heavy atom. The summed E-state index contributed by atoms with van der Waals surface area (Å²) < 4.78 is 7.02. The molecule has 1 fully saturated rings. The van der Waals surface area contributed by atoms with Crippen molar-refractivity contribution in [2.45, 2.75) is 0 Å². The SMILES string of the molecule is COc1ccc(-c2nn(-c3ccccc3)cc2C(=O)N2CCN(C(=O)c3ccccc3)CC2)cc1. The smallest absolute Gasteiger partial charge is 0.257 e. The van der Waals surface area contributed by atoms with E-state index in [2.05, 4.69) is 0 Å². The molecule has 0 bridgehead atoms. The first-order valence-corrected chi connectivity index (χ1v) is 11.6. The second-order valence-electron chi connectivity index (χ2n) is 8.35. The lowest BCUT2D eigenvalue weighted by Crippen LogP contribution is -2.50. The zero-order valence-corrected chi connectivity index (χ0v) is 19.5. The number of methoxy groups -OCH3 is 1. The van der Waals surface area contributed by atoms with Gasteiger partial charge in [0.25, 0.3) is 11.8 Å². The Labute approximate surface area is 204 Å². The number of piperazine rings is 1. The lowest BCUT2D eigenvalue weighted by atomic mass is 10.1. The van der Waals surface area contributed by atoms with Gasteiger partial charge < -0.3 is 14.5 Å². The number of benzene rings is 3. The highest BCUT2D eigenvalue weighted by molar-refractivity contribution is 6.00. The highest BCUT2D eigenvalue weighted by atomic mass is 16.5. The largest absolute Gasteiger partial charge is 0.497 e. The van der Waals surface area contributed by atoms with Crippen LogP contribution in [0.1, 0.15) is 20.7 Å². The Morgan fingerprint density at radius 3 is 1.91 bits per heavy atom. The van der Waals surface area contributed by atoms with Gasteiger partial charge in [0, 0.05) is 43.5 Å². The summed E-state index contributed by atoms with van der Waals surface area (Å²) in [5, 5.41) is 4.77. The van der Waals surface area contributed by atoms with Crippen LogP contribution in [0.2, 0.25) is 0 Å². The fraction of sp³-hybridized carbons (Fsp3) is 0.179. The molecule has 0 radical (unpaired) electrons. The molecule has 0 aliphatic carbocycles. The quantitative estimate of drug-likeness (QED) is 0.443. The van der Waals surface area contributed by atoms with Gasteiger partial charge in [-0.05, 0) is 48.5 Å². The van der Waals surface area contributed by atoms with Crippen molar-refractivity contribution in [1.82, 2.24) is 19.6 Å². The molecule has 2 heterocycles. The summed E-state index contributed by atoms with van der Waals surface area (Å²) in [7, 11) is 1.62. The summed E-state index contributed by atoms with van der Waals surface area (Å²) in [5.74, 6) is 0.640. The standard InChI is InChI=1S/C28H26N4O3/c1-35-24-14-12-21(13-15-24)26-25(20-32(29-26)23-10-6-3-7-11-23)28(34)31-18-16-30(17-19-31)27(33)22-8-4-2-5-9-22/h2-15,20H,16-19H2,1H3. The number of hydrogen-bond acceptors (Lipinski definition) is 4. The predicted molar refractivity (Wildman–Crippen MR) is 134 cm³/mol. The highest BCUT2D eigenvalue weighted by Gasteiger charge is 2.28. The van der Waals surface area contributed by atoms with E-state index in [1.807, 2.05) is 84.9 Å². The number of nitrogens with zero attached hydrogens (tertiary/aromatic N) is 4. The van der Waals surface area contributed by atoms with Crippen LogP contribution in [0.3, 0.4) is 0 Å². The van der Waals surface area contributed by atoms with Crippen LogP contribution in [0, 0.1) is 0 Å². The number of ether oxygens (including phenoxy) is 1. The first kappa shape index (κ1) is 22.4. The molecular formula is C28H26N4O3. The molecule has 1 aromatic heterocycles. The monoisotopic (exact) mass is 466 g/mol. The summed E-state index contributed by atoms with van der Waals surface area (Å²) in [6.45, 7) is 1.92. The van der Waals surface area contributed by atoms with Gasteiger partial charge in [-0.1, -0.05) is 36.4 Å². The maximum atomic E-state index is 13.7. The van der Waals surface area contributed by atoms with E-state index < -0.39 is 0 Å². The molecule has 7 heteroatoms. The summed E-state index contributed by atoms with van der Waals surface area (Å²) in [6, 6.07) is 26.5. The van der Waals surface area contributed by atoms with E-state index in [0.717, 1.165) is 17.0 Å². The first-order valence-electron chi connectivity index (χ1n) is 11.6. The van der Waals surface area contributed by atoms with Crippen molar-refractivity contribution in [3.8, 4) is 22.7 Å². The second-order valence-corrected chi connectivity index (χ2v) is 8.35. The molecule has 7 nitrogen and oxygen atoms in total. The molecule has 176 valence electrons. The number of amides is 2. The van der Waals surface area contributed by atoms with Crippen molar-refractivity contribution in [3.63, 3.8) is 0 Å². The van der Waals surface area contributed by atoms with E-state index in [0.29, 0.717) is 43.0 Å². The summed E-state index contributed by atoms with van der Waals surface area (Å²) >= 11 is 0. The van der Waals surface area contributed by atoms with Crippen LogP contribution in [0.4, 0.5) is 0 Å². The normalized spacial score (nSPS) is 13.5. The van der Waals surface area contributed by atoms with Crippen LogP contribution < -0.4 is 4.74 Å². The lowest BCUT2D eigenvalue weighted by molar-refractivity contribution is 0.0536. The number of hydrogen-bond donors (Lipinski definition) is 0. The minimum Gasteiger partial charge on any atom is -0.497 e. The molecule has 0 saturated carbocycles. The van der Waals surface area contributed by atoms with Gasteiger partial charge in [-0.15, -0.1) is 0 Å². The van der Waals surface area contributed by atoms with Gasteiger partial charge in [-0.2, -0.15) is 5.10 Å². The summed E-state index contributed by atoms with van der Waals surface area (Å²) in [6.07, 6.45) is 1.79. The Balaban J connectivity index is 1.39. The fourth-order valence-corrected chi connectivity index (χ4v) is 4.25. The zero-order chi connectivity index (χ0) is 24.2. The molecule has 0 unspecified atom stereocenters. The molecule has 2 amide bonds. The third-order valence-corrected chi connectivity index (χ3v) is 6.20. The van der Waals surface area contributed by atoms with Gasteiger partial charge >= 0.3 is 0 Å². The molecule has 4 aromatic rings. The van der Waals surface area contributed by atoms with E-state index in [-0.39, 0.29) is 11.8 Å². The van der Waals surface area contributed by atoms with Crippen molar-refractivity contribution in [2.24, 2.45) is 0 Å². The molecule has 1 saturated heterocycles. The van der Waals surface area contributed by atoms with E-state index in [9.17, 15) is 9.59 Å². The van der Waals surface area contributed by atoms with Crippen LogP contribution in [0.25, 0.3) is 16.9 Å². The maximum absolute atomic E-state index is 13.7. The Kier molecular flexibility index (Phi) is 6.30.